The van der Waals surface area contributed by atoms with Crippen LogP contribution in [0.1, 0.15) is 30.6 Å². The van der Waals surface area contributed by atoms with Gasteiger partial charge in [0.2, 0.25) is 0 Å². The lowest BCUT2D eigenvalue weighted by molar-refractivity contribution is -0.136. The Morgan fingerprint density at radius 3 is 2.53 bits per heavy atom. The van der Waals surface area contributed by atoms with E-state index in [0.29, 0.717) is 6.42 Å². The molecule has 1 atom stereocenters. The number of carbonyl (C=O) groups excluding carboxylic acids is 1. The molecule has 0 aliphatic heterocycles. The molecule has 0 fully saturated rings. The van der Waals surface area contributed by atoms with Crippen molar-refractivity contribution >= 4 is 17.6 Å². The van der Waals surface area contributed by atoms with Gasteiger partial charge < -0.3 is 20.3 Å². The number of phenols is 1. The summed E-state index contributed by atoms with van der Waals surface area (Å²) in [6.45, 7) is 3.45. The van der Waals surface area contributed by atoms with E-state index in [2.05, 4.69) is 5.32 Å². The lowest BCUT2D eigenvalue weighted by atomic mass is 10.0. The summed E-state index contributed by atoms with van der Waals surface area (Å²) in [4.78, 5) is 22.9. The van der Waals surface area contributed by atoms with Crippen molar-refractivity contribution in [1.82, 2.24) is 0 Å². The first kappa shape index (κ1) is 15.0. The summed E-state index contributed by atoms with van der Waals surface area (Å²) in [7, 11) is 1.43. The molecule has 104 valence electrons. The molecule has 0 heterocycles. The minimum Gasteiger partial charge on any atom is -0.507 e. The van der Waals surface area contributed by atoms with Gasteiger partial charge in [-0.1, -0.05) is 6.92 Å². The van der Waals surface area contributed by atoms with E-state index in [1.54, 1.807) is 6.92 Å². The van der Waals surface area contributed by atoms with Crippen LogP contribution in [-0.2, 0) is 9.53 Å². The summed E-state index contributed by atoms with van der Waals surface area (Å²) in [5.41, 5.74) is -0.966. The third-order valence-electron chi connectivity index (χ3n) is 3.09. The zero-order valence-electron chi connectivity index (χ0n) is 11.1. The molecule has 1 aromatic rings. The Hall–Kier alpha value is -2.08. The molecule has 0 saturated carbocycles. The zero-order chi connectivity index (χ0) is 14.6. The van der Waals surface area contributed by atoms with Gasteiger partial charge in [-0.05, 0) is 31.5 Å². The normalized spacial score (nSPS) is 13.6. The van der Waals surface area contributed by atoms with E-state index in [1.807, 2.05) is 6.92 Å². The highest BCUT2D eigenvalue weighted by molar-refractivity contribution is 5.99. The smallest absolute Gasteiger partial charge is 0.339 e. The van der Waals surface area contributed by atoms with E-state index in [0.717, 1.165) is 0 Å². The first-order valence-electron chi connectivity index (χ1n) is 5.77. The number of hydrogen-bond donors (Lipinski definition) is 3. The van der Waals surface area contributed by atoms with Gasteiger partial charge in [-0.25, -0.2) is 4.79 Å². The Bertz CT molecular complexity index is 494. The summed E-state index contributed by atoms with van der Waals surface area (Å²) < 4.78 is 5.14. The molecule has 0 spiro atoms. The van der Waals surface area contributed by atoms with Crippen LogP contribution in [0, 0.1) is 0 Å². The van der Waals surface area contributed by atoms with E-state index >= 15 is 0 Å². The largest absolute Gasteiger partial charge is 0.507 e. The van der Waals surface area contributed by atoms with E-state index in [9.17, 15) is 14.7 Å². The molecule has 3 N–H and O–H groups in total. The summed E-state index contributed by atoms with van der Waals surface area (Å²) >= 11 is 0. The number of hydrogen-bond acceptors (Lipinski definition) is 4. The highest BCUT2D eigenvalue weighted by Crippen LogP contribution is 2.23. The van der Waals surface area contributed by atoms with Crippen molar-refractivity contribution in [3.63, 3.8) is 0 Å². The van der Waals surface area contributed by atoms with Crippen molar-refractivity contribution in [2.75, 3.05) is 12.4 Å². The number of aromatic carboxylic acids is 1. The van der Waals surface area contributed by atoms with Crippen molar-refractivity contribution in [2.24, 2.45) is 0 Å². The molecule has 1 aromatic carbocycles. The average molecular weight is 267 g/mol. The average Bonchev–Trinajstić information content (AvgIpc) is 2.39. The number of carboxylic acid groups (broad SMARTS) is 1. The van der Waals surface area contributed by atoms with Crippen molar-refractivity contribution < 1.29 is 24.5 Å². The summed E-state index contributed by atoms with van der Waals surface area (Å²) in [5.74, 6) is -1.99. The maximum absolute atomic E-state index is 12.0. The van der Waals surface area contributed by atoms with E-state index in [4.69, 9.17) is 9.84 Å². The predicted molar refractivity (Wildman–Crippen MR) is 69.4 cm³/mol. The number of ether oxygens (including phenoxy) is 1. The monoisotopic (exact) mass is 267 g/mol. The number of carboxylic acids is 1. The van der Waals surface area contributed by atoms with Gasteiger partial charge in [0.05, 0.1) is 0 Å². The lowest BCUT2D eigenvalue weighted by Gasteiger charge is -2.25. The van der Waals surface area contributed by atoms with Crippen molar-refractivity contribution in [3.8, 4) is 5.75 Å². The minimum absolute atomic E-state index is 0.270. The number of carbonyl (C=O) groups is 2. The molecule has 1 rings (SSSR count). The lowest BCUT2D eigenvalue weighted by Crippen LogP contribution is -2.41. The van der Waals surface area contributed by atoms with Crippen LogP contribution in [0.5, 0.6) is 5.75 Å². The summed E-state index contributed by atoms with van der Waals surface area (Å²) in [6, 6.07) is 3.84. The number of aromatic hydroxyl groups is 1. The highest BCUT2D eigenvalue weighted by atomic mass is 16.5. The molecule has 0 radical (unpaired) electrons. The molecular weight excluding hydrogens is 250 g/mol. The number of benzene rings is 1. The highest BCUT2D eigenvalue weighted by Gasteiger charge is 2.31. The SMILES string of the molecule is CCC(C)(OC)C(=O)Nc1ccc(O)c(C(=O)O)c1. The second kappa shape index (κ2) is 5.71. The maximum Gasteiger partial charge on any atom is 0.339 e. The van der Waals surface area contributed by atoms with Crippen LogP contribution in [0.3, 0.4) is 0 Å². The second-order valence-corrected chi connectivity index (χ2v) is 4.28. The van der Waals surface area contributed by atoms with Gasteiger partial charge in [-0.3, -0.25) is 4.79 Å². The van der Waals surface area contributed by atoms with Crippen molar-refractivity contribution in [2.45, 2.75) is 25.9 Å². The maximum atomic E-state index is 12.0. The minimum atomic E-state index is -1.27. The number of rotatable bonds is 5. The van der Waals surface area contributed by atoms with E-state index in [1.165, 1.54) is 25.3 Å². The Kier molecular flexibility index (Phi) is 4.50. The number of methoxy groups -OCH3 is 1. The van der Waals surface area contributed by atoms with E-state index < -0.39 is 11.6 Å². The van der Waals surface area contributed by atoms with Crippen LogP contribution in [0.25, 0.3) is 0 Å². The molecule has 1 unspecified atom stereocenters. The third kappa shape index (κ3) is 3.23. The first-order chi connectivity index (χ1) is 8.84. The number of anilines is 1. The first-order valence-corrected chi connectivity index (χ1v) is 5.77. The van der Waals surface area contributed by atoms with Gasteiger partial charge in [0.25, 0.3) is 5.91 Å². The van der Waals surface area contributed by atoms with Crippen molar-refractivity contribution in [1.29, 1.82) is 0 Å². The summed E-state index contributed by atoms with van der Waals surface area (Å²) in [5, 5.41) is 20.8. The molecule has 0 saturated heterocycles. The van der Waals surface area contributed by atoms with Crippen molar-refractivity contribution in [3.05, 3.63) is 23.8 Å². The molecule has 19 heavy (non-hydrogen) atoms. The third-order valence-corrected chi connectivity index (χ3v) is 3.09. The van der Waals surface area contributed by atoms with Crippen LogP contribution in [0.15, 0.2) is 18.2 Å². The predicted octanol–water partition coefficient (Wildman–Crippen LogP) is 1.84. The standard InChI is InChI=1S/C13H17NO5/c1-4-13(2,19-3)12(18)14-8-5-6-10(15)9(7-8)11(16)17/h5-7,15H,4H2,1-3H3,(H,14,18)(H,16,17). The quantitative estimate of drug-likeness (QED) is 0.707. The van der Waals surface area contributed by atoms with Crippen LogP contribution in [0.2, 0.25) is 0 Å². The van der Waals surface area contributed by atoms with Gasteiger partial charge in [-0.2, -0.15) is 0 Å². The Morgan fingerprint density at radius 2 is 2.05 bits per heavy atom. The van der Waals surface area contributed by atoms with E-state index in [-0.39, 0.29) is 22.9 Å². The van der Waals surface area contributed by atoms with Gasteiger partial charge in [0.15, 0.2) is 0 Å². The molecule has 0 aromatic heterocycles. The van der Waals surface area contributed by atoms with Crippen LogP contribution >= 0.6 is 0 Å². The molecule has 1 amide bonds. The Labute approximate surface area is 111 Å². The second-order valence-electron chi connectivity index (χ2n) is 4.28. The molecule has 0 aliphatic rings. The fourth-order valence-electron chi connectivity index (χ4n) is 1.45. The van der Waals surface area contributed by atoms with Gasteiger partial charge in [0, 0.05) is 12.8 Å². The number of amides is 1. The molecular formula is C13H17NO5. The summed E-state index contributed by atoms with van der Waals surface area (Å²) in [6.07, 6.45) is 0.471. The van der Waals surface area contributed by atoms with Crippen LogP contribution in [-0.4, -0.2) is 34.8 Å². The number of nitrogens with one attached hydrogen (secondary N) is 1. The fraction of sp³-hybridized carbons (Fsp3) is 0.385. The molecule has 0 bridgehead atoms. The van der Waals surface area contributed by atoms with Gasteiger partial charge >= 0.3 is 5.97 Å². The molecule has 6 heteroatoms. The molecule has 0 aliphatic carbocycles. The van der Waals surface area contributed by atoms with Crippen LogP contribution < -0.4 is 5.32 Å². The Balaban J connectivity index is 2.98. The van der Waals surface area contributed by atoms with Gasteiger partial charge in [-0.15, -0.1) is 0 Å². The fourth-order valence-corrected chi connectivity index (χ4v) is 1.45. The Morgan fingerprint density at radius 1 is 1.42 bits per heavy atom. The topological polar surface area (TPSA) is 95.9 Å². The van der Waals surface area contributed by atoms with Crippen LogP contribution in [0.4, 0.5) is 5.69 Å². The van der Waals surface area contributed by atoms with Gasteiger partial charge in [0.1, 0.15) is 16.9 Å². The molecule has 6 nitrogen and oxygen atoms in total. The zero-order valence-corrected chi connectivity index (χ0v) is 11.1.